The summed E-state index contributed by atoms with van der Waals surface area (Å²) in [5.41, 5.74) is 2.32. The Morgan fingerprint density at radius 3 is 2.65 bits per heavy atom. The first-order valence-corrected chi connectivity index (χ1v) is 8.82. The molecule has 0 aliphatic rings. The molecule has 3 nitrogen and oxygen atoms in total. The number of fused-ring (bicyclic) bond motifs is 1. The van der Waals surface area contributed by atoms with Gasteiger partial charge in [0, 0.05) is 24.0 Å². The molecule has 0 fully saturated rings. The Morgan fingerprint density at radius 1 is 1.22 bits per heavy atom. The van der Waals surface area contributed by atoms with Gasteiger partial charge in [-0.05, 0) is 38.6 Å². The summed E-state index contributed by atoms with van der Waals surface area (Å²) < 4.78 is 1.89. The lowest BCUT2D eigenvalue weighted by molar-refractivity contribution is 0.0842. The maximum absolute atomic E-state index is 12.9. The second kappa shape index (κ2) is 8.30. The Hall–Kier alpha value is -1.61. The number of benzene rings is 1. The first kappa shape index (κ1) is 17.7. The van der Waals surface area contributed by atoms with Gasteiger partial charge in [-0.1, -0.05) is 51.3 Å². The molecule has 1 atom stereocenters. The van der Waals surface area contributed by atoms with E-state index >= 15 is 0 Å². The van der Waals surface area contributed by atoms with E-state index in [-0.39, 0.29) is 11.8 Å². The number of nitrogens with zero attached hydrogens (tertiary/aromatic N) is 2. The van der Waals surface area contributed by atoms with Crippen LogP contribution in [0.5, 0.6) is 0 Å². The van der Waals surface area contributed by atoms with Crippen molar-refractivity contribution in [3.63, 3.8) is 0 Å². The highest BCUT2D eigenvalue weighted by molar-refractivity contribution is 5.95. The van der Waals surface area contributed by atoms with Crippen LogP contribution >= 0.6 is 0 Å². The summed E-state index contributed by atoms with van der Waals surface area (Å²) in [6.07, 6.45) is 7.55. The first-order chi connectivity index (χ1) is 11.0. The third-order valence-corrected chi connectivity index (χ3v) is 4.52. The van der Waals surface area contributed by atoms with E-state index in [2.05, 4.69) is 57.2 Å². The molecule has 23 heavy (non-hydrogen) atoms. The predicted octanol–water partition coefficient (Wildman–Crippen LogP) is 4.60. The van der Waals surface area contributed by atoms with Gasteiger partial charge in [-0.2, -0.15) is 0 Å². The summed E-state index contributed by atoms with van der Waals surface area (Å²) in [7, 11) is 4.17. The van der Waals surface area contributed by atoms with Gasteiger partial charge in [0.1, 0.15) is 0 Å². The molecule has 0 aliphatic carbocycles. The standard InChI is InChI=1S/C20H30N2O/c1-5-6-7-10-16(2)20(23)22-15-17(13-14-21(3)4)18-11-8-9-12-19(18)22/h8-9,11-12,15-16H,5-7,10,13-14H2,1-4H3/t16-/m0/s1. The van der Waals surface area contributed by atoms with Crippen molar-refractivity contribution in [2.24, 2.45) is 5.92 Å². The smallest absolute Gasteiger partial charge is 0.233 e. The topological polar surface area (TPSA) is 25.2 Å². The van der Waals surface area contributed by atoms with Gasteiger partial charge < -0.3 is 4.90 Å². The molecule has 2 aromatic rings. The minimum absolute atomic E-state index is 0.0825. The Balaban J connectivity index is 2.24. The summed E-state index contributed by atoms with van der Waals surface area (Å²) in [6, 6.07) is 8.27. The van der Waals surface area contributed by atoms with Gasteiger partial charge in [-0.25, -0.2) is 0 Å². The van der Waals surface area contributed by atoms with Gasteiger partial charge in [-0.3, -0.25) is 9.36 Å². The van der Waals surface area contributed by atoms with Crippen molar-refractivity contribution in [3.05, 3.63) is 36.0 Å². The monoisotopic (exact) mass is 314 g/mol. The lowest BCUT2D eigenvalue weighted by Crippen LogP contribution is -2.18. The third-order valence-electron chi connectivity index (χ3n) is 4.52. The maximum Gasteiger partial charge on any atom is 0.233 e. The molecule has 0 amide bonds. The molecule has 0 spiro atoms. The molecule has 0 saturated heterocycles. The van der Waals surface area contributed by atoms with E-state index in [0.717, 1.165) is 31.3 Å². The van der Waals surface area contributed by atoms with Crippen LogP contribution in [0.25, 0.3) is 10.9 Å². The van der Waals surface area contributed by atoms with E-state index in [9.17, 15) is 4.79 Å². The van der Waals surface area contributed by atoms with Crippen LogP contribution < -0.4 is 0 Å². The van der Waals surface area contributed by atoms with Gasteiger partial charge in [-0.15, -0.1) is 0 Å². The van der Waals surface area contributed by atoms with Crippen LogP contribution in [0.3, 0.4) is 0 Å². The van der Waals surface area contributed by atoms with E-state index < -0.39 is 0 Å². The lowest BCUT2D eigenvalue weighted by Gasteiger charge is -2.11. The van der Waals surface area contributed by atoms with Crippen molar-refractivity contribution < 1.29 is 4.79 Å². The van der Waals surface area contributed by atoms with Crippen LogP contribution in [0.4, 0.5) is 0 Å². The van der Waals surface area contributed by atoms with E-state index in [4.69, 9.17) is 0 Å². The van der Waals surface area contributed by atoms with Gasteiger partial charge in [0.05, 0.1) is 5.52 Å². The minimum Gasteiger partial charge on any atom is -0.309 e. The molecule has 3 heteroatoms. The number of likely N-dealkylation sites (N-methyl/N-ethyl adjacent to an activating group) is 1. The van der Waals surface area contributed by atoms with Crippen molar-refractivity contribution in [2.75, 3.05) is 20.6 Å². The summed E-state index contributed by atoms with van der Waals surface area (Å²) >= 11 is 0. The van der Waals surface area contributed by atoms with Crippen molar-refractivity contribution in [1.29, 1.82) is 0 Å². The van der Waals surface area contributed by atoms with Crippen LogP contribution in [0, 0.1) is 5.92 Å². The maximum atomic E-state index is 12.9. The van der Waals surface area contributed by atoms with Crippen LogP contribution in [0.15, 0.2) is 30.5 Å². The molecule has 0 saturated carbocycles. The van der Waals surface area contributed by atoms with Crippen LogP contribution in [-0.4, -0.2) is 36.0 Å². The van der Waals surface area contributed by atoms with E-state index in [1.165, 1.54) is 23.8 Å². The second-order valence-corrected chi connectivity index (χ2v) is 6.83. The number of rotatable bonds is 8. The highest BCUT2D eigenvalue weighted by atomic mass is 16.2. The molecule has 1 aromatic carbocycles. The molecule has 0 unspecified atom stereocenters. The van der Waals surface area contributed by atoms with Gasteiger partial charge in [0.25, 0.3) is 0 Å². The summed E-state index contributed by atoms with van der Waals surface area (Å²) in [5.74, 6) is 0.312. The zero-order valence-electron chi connectivity index (χ0n) is 15.0. The molecule has 1 heterocycles. The fourth-order valence-corrected chi connectivity index (χ4v) is 3.04. The molecular weight excluding hydrogens is 284 g/mol. The second-order valence-electron chi connectivity index (χ2n) is 6.83. The van der Waals surface area contributed by atoms with Crippen LogP contribution in [-0.2, 0) is 6.42 Å². The van der Waals surface area contributed by atoms with Crippen molar-refractivity contribution in [2.45, 2.75) is 46.0 Å². The molecule has 0 aliphatic heterocycles. The zero-order chi connectivity index (χ0) is 16.8. The average Bonchev–Trinajstić information content (AvgIpc) is 2.91. The summed E-state index contributed by atoms with van der Waals surface area (Å²) in [4.78, 5) is 15.0. The van der Waals surface area contributed by atoms with Crippen molar-refractivity contribution >= 4 is 16.8 Å². The zero-order valence-corrected chi connectivity index (χ0v) is 15.0. The summed E-state index contributed by atoms with van der Waals surface area (Å²) in [5, 5.41) is 1.21. The number of aromatic nitrogens is 1. The van der Waals surface area contributed by atoms with Crippen molar-refractivity contribution in [1.82, 2.24) is 9.47 Å². The summed E-state index contributed by atoms with van der Waals surface area (Å²) in [6.45, 7) is 5.25. The Labute approximate surface area is 140 Å². The van der Waals surface area contributed by atoms with Gasteiger partial charge in [0.15, 0.2) is 0 Å². The Bertz CT molecular complexity index is 642. The lowest BCUT2D eigenvalue weighted by atomic mass is 10.0. The van der Waals surface area contributed by atoms with Crippen LogP contribution in [0.1, 0.15) is 49.9 Å². The molecule has 126 valence electrons. The number of carbonyl (C=O) groups is 1. The highest BCUT2D eigenvalue weighted by Crippen LogP contribution is 2.24. The number of para-hydroxylation sites is 1. The predicted molar refractivity (Wildman–Crippen MR) is 98.1 cm³/mol. The van der Waals surface area contributed by atoms with E-state index in [1.54, 1.807) is 0 Å². The SMILES string of the molecule is CCCCC[C@H](C)C(=O)n1cc(CCN(C)C)c2ccccc21. The normalized spacial score (nSPS) is 12.9. The van der Waals surface area contributed by atoms with E-state index in [1.807, 2.05) is 10.6 Å². The number of hydrogen-bond acceptors (Lipinski definition) is 2. The fraction of sp³-hybridized carbons (Fsp3) is 0.550. The minimum atomic E-state index is 0.0825. The third kappa shape index (κ3) is 4.44. The molecule has 0 radical (unpaired) electrons. The van der Waals surface area contributed by atoms with Crippen molar-refractivity contribution in [3.8, 4) is 0 Å². The van der Waals surface area contributed by atoms with Crippen LogP contribution in [0.2, 0.25) is 0 Å². The molecule has 2 rings (SSSR count). The molecule has 0 N–H and O–H groups in total. The molecule has 0 bridgehead atoms. The fourth-order valence-electron chi connectivity index (χ4n) is 3.04. The molecule has 1 aromatic heterocycles. The Morgan fingerprint density at radius 2 is 1.96 bits per heavy atom. The average molecular weight is 314 g/mol. The van der Waals surface area contributed by atoms with E-state index in [0.29, 0.717) is 0 Å². The quantitative estimate of drug-likeness (QED) is 0.665. The number of unbranched alkanes of at least 4 members (excludes halogenated alkanes) is 2. The Kier molecular flexibility index (Phi) is 6.40. The largest absolute Gasteiger partial charge is 0.309 e. The highest BCUT2D eigenvalue weighted by Gasteiger charge is 2.18. The van der Waals surface area contributed by atoms with Gasteiger partial charge >= 0.3 is 0 Å². The van der Waals surface area contributed by atoms with Gasteiger partial charge in [0.2, 0.25) is 5.91 Å². The number of hydrogen-bond donors (Lipinski definition) is 0. The number of carbonyl (C=O) groups excluding carboxylic acids is 1. The molecular formula is C20H30N2O. The first-order valence-electron chi connectivity index (χ1n) is 8.82.